The van der Waals surface area contributed by atoms with Gasteiger partial charge in [0, 0.05) is 13.6 Å². The van der Waals surface area contributed by atoms with Gasteiger partial charge < -0.3 is 5.11 Å². The van der Waals surface area contributed by atoms with Crippen LogP contribution in [0.5, 0.6) is 0 Å². The van der Waals surface area contributed by atoms with Crippen molar-refractivity contribution in [2.75, 3.05) is 18.5 Å². The summed E-state index contributed by atoms with van der Waals surface area (Å²) < 4.78 is 14.7. The first-order chi connectivity index (χ1) is 12.4. The summed E-state index contributed by atoms with van der Waals surface area (Å²) >= 11 is 0. The van der Waals surface area contributed by atoms with Crippen LogP contribution in [-0.4, -0.2) is 35.8 Å². The molecule has 0 heterocycles. The van der Waals surface area contributed by atoms with E-state index in [1.807, 2.05) is 36.6 Å². The average Bonchev–Trinajstić information content (AvgIpc) is 2.64. The number of amides is 3. The summed E-state index contributed by atoms with van der Waals surface area (Å²) in [6, 6.07) is 11.7. The van der Waals surface area contributed by atoms with Crippen molar-refractivity contribution < 1.29 is 19.1 Å². The fourth-order valence-corrected chi connectivity index (χ4v) is 2.72. The van der Waals surface area contributed by atoms with Gasteiger partial charge in [-0.15, -0.1) is 0 Å². The van der Waals surface area contributed by atoms with Gasteiger partial charge in [-0.2, -0.15) is 0 Å². The third-order valence-electron chi connectivity index (χ3n) is 4.08. The van der Waals surface area contributed by atoms with Crippen molar-refractivity contribution in [2.24, 2.45) is 0 Å². The van der Waals surface area contributed by atoms with Crippen molar-refractivity contribution >= 4 is 17.8 Å². The molecule has 2 aromatic rings. The van der Waals surface area contributed by atoms with Crippen LogP contribution in [0.4, 0.5) is 19.7 Å². The monoisotopic (exact) mass is 359 g/mol. The van der Waals surface area contributed by atoms with E-state index in [0.717, 1.165) is 33.0 Å². The fraction of sp³-hybridized carbons (Fsp3) is 0.263. The van der Waals surface area contributed by atoms with Crippen LogP contribution in [0.25, 0.3) is 11.1 Å². The van der Waals surface area contributed by atoms with Crippen LogP contribution in [0.15, 0.2) is 42.5 Å². The van der Waals surface area contributed by atoms with Crippen LogP contribution in [0, 0.1) is 5.82 Å². The Kier molecular flexibility index (Phi) is 6.16. The maximum Gasteiger partial charge on any atom is 0.423 e. The predicted octanol–water partition coefficient (Wildman–Crippen LogP) is 4.12. The molecule has 7 heteroatoms. The molecule has 0 aliphatic rings. The van der Waals surface area contributed by atoms with Gasteiger partial charge >= 0.3 is 12.1 Å². The number of carbonyl (C=O) groups excluding carboxylic acids is 1. The molecule has 0 radical (unpaired) electrons. The summed E-state index contributed by atoms with van der Waals surface area (Å²) in [5.74, 6) is -0.560. The zero-order valence-electron chi connectivity index (χ0n) is 15.0. The summed E-state index contributed by atoms with van der Waals surface area (Å²) in [5, 5.41) is 9.68. The molecule has 0 saturated heterocycles. The van der Waals surface area contributed by atoms with Gasteiger partial charge in [-0.05, 0) is 42.2 Å². The van der Waals surface area contributed by atoms with E-state index in [-0.39, 0.29) is 12.2 Å². The zero-order chi connectivity index (χ0) is 19.3. The first-order valence-electron chi connectivity index (χ1n) is 8.31. The summed E-state index contributed by atoms with van der Waals surface area (Å²) in [7, 11) is 1.40. The van der Waals surface area contributed by atoms with Gasteiger partial charge in [0.1, 0.15) is 5.82 Å². The third kappa shape index (κ3) is 4.11. The van der Waals surface area contributed by atoms with Crippen LogP contribution in [0.2, 0.25) is 0 Å². The molecular formula is C19H22FN3O3. The Labute approximate surface area is 151 Å². The lowest BCUT2D eigenvalue weighted by molar-refractivity contribution is 0.148. The van der Waals surface area contributed by atoms with E-state index in [1.54, 1.807) is 13.0 Å². The number of nitrogens with one attached hydrogen (secondary N) is 1. The molecule has 0 unspecified atom stereocenters. The Hall–Kier alpha value is -3.09. The van der Waals surface area contributed by atoms with Crippen LogP contribution in [-0.2, 0) is 6.42 Å². The molecule has 0 aliphatic carbocycles. The Balaban J connectivity index is 2.31. The molecular weight excluding hydrogens is 337 g/mol. The highest BCUT2D eigenvalue weighted by Crippen LogP contribution is 2.29. The van der Waals surface area contributed by atoms with Gasteiger partial charge in [0.2, 0.25) is 0 Å². The van der Waals surface area contributed by atoms with Gasteiger partial charge in [0.25, 0.3) is 0 Å². The Morgan fingerprint density at radius 3 is 2.42 bits per heavy atom. The Bertz CT molecular complexity index is 810. The van der Waals surface area contributed by atoms with E-state index in [9.17, 15) is 14.0 Å². The van der Waals surface area contributed by atoms with Crippen molar-refractivity contribution in [1.82, 2.24) is 10.4 Å². The number of carboxylic acid groups (broad SMARTS) is 1. The molecule has 0 saturated carbocycles. The number of urea groups is 1. The number of nitrogens with zero attached hydrogens (tertiary/aromatic N) is 2. The Morgan fingerprint density at radius 1 is 1.15 bits per heavy atom. The number of hydrogen-bond donors (Lipinski definition) is 2. The number of benzene rings is 2. The molecule has 2 aromatic carbocycles. The second kappa shape index (κ2) is 8.33. The van der Waals surface area contributed by atoms with Gasteiger partial charge in [-0.25, -0.2) is 24.4 Å². The number of hydrazine groups is 1. The molecule has 2 N–H and O–H groups in total. The largest absolute Gasteiger partial charge is 0.464 e. The van der Waals surface area contributed by atoms with E-state index < -0.39 is 17.9 Å². The van der Waals surface area contributed by atoms with Crippen molar-refractivity contribution in [3.05, 3.63) is 53.8 Å². The quantitative estimate of drug-likeness (QED) is 0.807. The number of carbonyl (C=O) groups is 2. The van der Waals surface area contributed by atoms with Gasteiger partial charge in [-0.1, -0.05) is 37.3 Å². The van der Waals surface area contributed by atoms with Crippen LogP contribution >= 0.6 is 0 Å². The number of rotatable bonds is 4. The lowest BCUT2D eigenvalue weighted by Crippen LogP contribution is -2.50. The minimum atomic E-state index is -1.36. The van der Waals surface area contributed by atoms with Crippen LogP contribution < -0.4 is 10.3 Å². The van der Waals surface area contributed by atoms with Crippen molar-refractivity contribution in [3.8, 4) is 11.1 Å². The minimum absolute atomic E-state index is 0.0679. The lowest BCUT2D eigenvalue weighted by atomic mass is 9.98. The maximum absolute atomic E-state index is 14.7. The molecule has 0 spiro atoms. The van der Waals surface area contributed by atoms with E-state index in [2.05, 4.69) is 0 Å². The first kappa shape index (κ1) is 19.2. The lowest BCUT2D eigenvalue weighted by Gasteiger charge is -2.26. The molecule has 0 fully saturated rings. The SMILES string of the molecule is CCc1ccccc1-c1ccc(N(C)C(=O)N(CC)NC(=O)O)c(F)c1. The average molecular weight is 359 g/mol. The normalized spacial score (nSPS) is 10.3. The molecule has 0 bridgehead atoms. The van der Waals surface area contributed by atoms with Crippen LogP contribution in [0.3, 0.4) is 0 Å². The number of hydrogen-bond acceptors (Lipinski definition) is 2. The van der Waals surface area contributed by atoms with Gasteiger partial charge in [-0.3, -0.25) is 4.90 Å². The third-order valence-corrected chi connectivity index (χ3v) is 4.08. The highest BCUT2D eigenvalue weighted by atomic mass is 19.1. The fourth-order valence-electron chi connectivity index (χ4n) is 2.72. The molecule has 3 amide bonds. The highest BCUT2D eigenvalue weighted by Gasteiger charge is 2.22. The van der Waals surface area contributed by atoms with Crippen molar-refractivity contribution in [3.63, 3.8) is 0 Å². The van der Waals surface area contributed by atoms with Gasteiger partial charge in [0.05, 0.1) is 5.69 Å². The Morgan fingerprint density at radius 2 is 1.85 bits per heavy atom. The number of aryl methyl sites for hydroxylation is 1. The highest BCUT2D eigenvalue weighted by molar-refractivity contribution is 5.92. The van der Waals surface area contributed by atoms with Crippen molar-refractivity contribution in [1.29, 1.82) is 0 Å². The second-order valence-electron chi connectivity index (χ2n) is 5.68. The first-order valence-corrected chi connectivity index (χ1v) is 8.31. The molecule has 0 atom stereocenters. The predicted molar refractivity (Wildman–Crippen MR) is 98.6 cm³/mol. The molecule has 26 heavy (non-hydrogen) atoms. The molecule has 2 rings (SSSR count). The maximum atomic E-state index is 14.7. The number of anilines is 1. The van der Waals surface area contributed by atoms with E-state index in [0.29, 0.717) is 0 Å². The summed E-state index contributed by atoms with van der Waals surface area (Å²) in [6.07, 6.45) is -0.537. The molecule has 138 valence electrons. The summed E-state index contributed by atoms with van der Waals surface area (Å²) in [6.45, 7) is 3.76. The topological polar surface area (TPSA) is 72.9 Å². The molecule has 0 aliphatic heterocycles. The molecule has 0 aromatic heterocycles. The second-order valence-corrected chi connectivity index (χ2v) is 5.68. The molecule has 6 nitrogen and oxygen atoms in total. The smallest absolute Gasteiger partial charge is 0.423 e. The summed E-state index contributed by atoms with van der Waals surface area (Å²) in [5.41, 5.74) is 4.82. The van der Waals surface area contributed by atoms with Crippen LogP contribution in [0.1, 0.15) is 19.4 Å². The minimum Gasteiger partial charge on any atom is -0.464 e. The van der Waals surface area contributed by atoms with E-state index >= 15 is 0 Å². The van der Waals surface area contributed by atoms with E-state index in [4.69, 9.17) is 5.11 Å². The van der Waals surface area contributed by atoms with Crippen molar-refractivity contribution in [2.45, 2.75) is 20.3 Å². The zero-order valence-corrected chi connectivity index (χ0v) is 15.0. The number of halogens is 1. The van der Waals surface area contributed by atoms with E-state index in [1.165, 1.54) is 19.2 Å². The standard InChI is InChI=1S/C19H22FN3O3/c1-4-13-8-6-7-9-15(13)14-10-11-17(16(20)12-14)22(3)19(26)23(5-2)21-18(24)25/h6-12,21H,4-5H2,1-3H3,(H,24,25). The summed E-state index contributed by atoms with van der Waals surface area (Å²) in [4.78, 5) is 24.2. The van der Waals surface area contributed by atoms with Gasteiger partial charge in [0.15, 0.2) is 0 Å².